The highest BCUT2D eigenvalue weighted by atomic mass is 35.5. The summed E-state index contributed by atoms with van der Waals surface area (Å²) in [5, 5.41) is 6.41. The number of fused-ring (bicyclic) bond motifs is 1. The number of carbonyl (C=O) groups is 2. The summed E-state index contributed by atoms with van der Waals surface area (Å²) in [6, 6.07) is 18.3. The molecular formula is C24H20ClN3O2S2. The third kappa shape index (κ3) is 5.68. The van der Waals surface area contributed by atoms with E-state index in [0.29, 0.717) is 16.3 Å². The van der Waals surface area contributed by atoms with Gasteiger partial charge in [-0.15, -0.1) is 11.3 Å². The van der Waals surface area contributed by atoms with E-state index < -0.39 is 0 Å². The molecule has 3 aromatic carbocycles. The molecule has 2 amide bonds. The fraction of sp³-hybridized carbons (Fsp3) is 0.125. The normalized spacial score (nSPS) is 10.8. The van der Waals surface area contributed by atoms with Crippen molar-refractivity contribution in [3.05, 3.63) is 82.4 Å². The number of nitrogens with one attached hydrogen (secondary N) is 2. The summed E-state index contributed by atoms with van der Waals surface area (Å²) < 4.78 is 1.74. The maximum atomic E-state index is 12.4. The van der Waals surface area contributed by atoms with Gasteiger partial charge < -0.3 is 10.6 Å². The number of aromatic nitrogens is 1. The van der Waals surface area contributed by atoms with Crippen LogP contribution in [0.15, 0.2) is 65.0 Å². The fourth-order valence-electron chi connectivity index (χ4n) is 3.22. The number of hydrogen-bond donors (Lipinski definition) is 2. The molecular weight excluding hydrogens is 462 g/mol. The molecule has 1 aromatic heterocycles. The third-order valence-corrected chi connectivity index (χ3v) is 6.98. The number of hydrogen-bond acceptors (Lipinski definition) is 5. The molecule has 0 saturated heterocycles. The summed E-state index contributed by atoms with van der Waals surface area (Å²) in [5.74, 6) is -0.00849. The Morgan fingerprint density at radius 3 is 2.38 bits per heavy atom. The number of amides is 2. The van der Waals surface area contributed by atoms with Gasteiger partial charge in [-0.05, 0) is 79.6 Å². The van der Waals surface area contributed by atoms with Crippen LogP contribution in [0.5, 0.6) is 0 Å². The SMILES string of the molecule is Cc1cc(C)cc(NC(=O)CSc2nc3ccc(NC(=O)c4ccc(Cl)cc4)cc3s2)c1. The van der Waals surface area contributed by atoms with Crippen LogP contribution < -0.4 is 10.6 Å². The monoisotopic (exact) mass is 481 g/mol. The molecule has 0 atom stereocenters. The fourth-order valence-corrected chi connectivity index (χ4v) is 5.25. The standard InChI is InChI=1S/C24H20ClN3O2S2/c1-14-9-15(2)11-19(10-14)26-22(29)13-31-24-28-20-8-7-18(12-21(20)32-24)27-23(30)16-3-5-17(25)6-4-16/h3-12H,13H2,1-2H3,(H,26,29)(H,27,30). The number of thioether (sulfide) groups is 1. The van der Waals surface area contributed by atoms with Crippen LogP contribution in [0.4, 0.5) is 11.4 Å². The molecule has 0 radical (unpaired) electrons. The molecule has 4 aromatic rings. The molecule has 0 fully saturated rings. The lowest BCUT2D eigenvalue weighted by Crippen LogP contribution is -2.14. The molecule has 0 spiro atoms. The summed E-state index contributed by atoms with van der Waals surface area (Å²) >= 11 is 8.77. The minimum atomic E-state index is -0.205. The van der Waals surface area contributed by atoms with Gasteiger partial charge in [0.2, 0.25) is 5.91 Å². The zero-order valence-corrected chi connectivity index (χ0v) is 19.8. The van der Waals surface area contributed by atoms with Gasteiger partial charge in [0.05, 0.1) is 16.0 Å². The Labute approximate surface area is 199 Å². The number of thiazole rings is 1. The number of benzene rings is 3. The molecule has 0 aliphatic heterocycles. The summed E-state index contributed by atoms with van der Waals surface area (Å²) in [6.45, 7) is 4.01. The highest BCUT2D eigenvalue weighted by molar-refractivity contribution is 8.01. The molecule has 8 heteroatoms. The lowest BCUT2D eigenvalue weighted by molar-refractivity contribution is -0.113. The van der Waals surface area contributed by atoms with Crippen LogP contribution in [0.2, 0.25) is 5.02 Å². The zero-order chi connectivity index (χ0) is 22.7. The van der Waals surface area contributed by atoms with E-state index in [0.717, 1.165) is 31.4 Å². The Kier molecular flexibility index (Phi) is 6.79. The Bertz CT molecular complexity index is 1280. The largest absolute Gasteiger partial charge is 0.325 e. The van der Waals surface area contributed by atoms with E-state index in [1.807, 2.05) is 44.2 Å². The highest BCUT2D eigenvalue weighted by Crippen LogP contribution is 2.31. The smallest absolute Gasteiger partial charge is 0.255 e. The number of aryl methyl sites for hydroxylation is 2. The highest BCUT2D eigenvalue weighted by Gasteiger charge is 2.11. The first-order chi connectivity index (χ1) is 15.4. The van der Waals surface area contributed by atoms with Crippen LogP contribution in [0.3, 0.4) is 0 Å². The Hall–Kier alpha value is -2.87. The van der Waals surface area contributed by atoms with Gasteiger partial charge in [-0.3, -0.25) is 9.59 Å². The topological polar surface area (TPSA) is 71.1 Å². The molecule has 5 nitrogen and oxygen atoms in total. The number of anilines is 2. The second-order valence-corrected chi connectivity index (χ2v) is 10.0. The molecule has 0 aliphatic carbocycles. The summed E-state index contributed by atoms with van der Waals surface area (Å²) in [7, 11) is 0. The van der Waals surface area contributed by atoms with Crippen molar-refractivity contribution in [1.29, 1.82) is 0 Å². The second kappa shape index (κ2) is 9.73. The van der Waals surface area contributed by atoms with Crippen molar-refractivity contribution in [2.45, 2.75) is 18.2 Å². The molecule has 0 unspecified atom stereocenters. The van der Waals surface area contributed by atoms with Crippen LogP contribution in [-0.2, 0) is 4.79 Å². The maximum Gasteiger partial charge on any atom is 0.255 e. The first-order valence-electron chi connectivity index (χ1n) is 9.84. The van der Waals surface area contributed by atoms with Crippen molar-refractivity contribution in [2.75, 3.05) is 16.4 Å². The van der Waals surface area contributed by atoms with E-state index in [-0.39, 0.29) is 17.6 Å². The lowest BCUT2D eigenvalue weighted by atomic mass is 10.1. The van der Waals surface area contributed by atoms with Crippen LogP contribution in [0.1, 0.15) is 21.5 Å². The quantitative estimate of drug-likeness (QED) is 0.306. The zero-order valence-electron chi connectivity index (χ0n) is 17.4. The van der Waals surface area contributed by atoms with Gasteiger partial charge in [0.15, 0.2) is 4.34 Å². The molecule has 4 rings (SSSR count). The minimum absolute atomic E-state index is 0.0739. The summed E-state index contributed by atoms with van der Waals surface area (Å²) in [6.07, 6.45) is 0. The van der Waals surface area contributed by atoms with Crippen molar-refractivity contribution in [2.24, 2.45) is 0 Å². The van der Waals surface area contributed by atoms with Crippen molar-refractivity contribution in [3.8, 4) is 0 Å². The van der Waals surface area contributed by atoms with Crippen LogP contribution in [-0.4, -0.2) is 22.6 Å². The number of nitrogens with zero attached hydrogens (tertiary/aromatic N) is 1. The average Bonchev–Trinajstić information content (AvgIpc) is 3.14. The minimum Gasteiger partial charge on any atom is -0.325 e. The Balaban J connectivity index is 1.38. The summed E-state index contributed by atoms with van der Waals surface area (Å²) in [4.78, 5) is 29.3. The van der Waals surface area contributed by atoms with E-state index >= 15 is 0 Å². The number of rotatable bonds is 6. The van der Waals surface area contributed by atoms with Crippen LogP contribution in [0.25, 0.3) is 10.2 Å². The predicted molar refractivity (Wildman–Crippen MR) is 134 cm³/mol. The third-order valence-electron chi connectivity index (χ3n) is 4.57. The molecule has 0 saturated carbocycles. The molecule has 162 valence electrons. The molecule has 0 aliphatic rings. The molecule has 2 N–H and O–H groups in total. The van der Waals surface area contributed by atoms with E-state index in [2.05, 4.69) is 21.7 Å². The Morgan fingerprint density at radius 2 is 1.66 bits per heavy atom. The molecule has 0 bridgehead atoms. The lowest BCUT2D eigenvalue weighted by Gasteiger charge is -2.06. The van der Waals surface area contributed by atoms with Gasteiger partial charge in [0, 0.05) is 22.0 Å². The van der Waals surface area contributed by atoms with Crippen LogP contribution >= 0.6 is 34.7 Å². The van der Waals surface area contributed by atoms with Crippen molar-refractivity contribution in [1.82, 2.24) is 4.98 Å². The van der Waals surface area contributed by atoms with E-state index in [4.69, 9.17) is 11.6 Å². The average molecular weight is 482 g/mol. The van der Waals surface area contributed by atoms with Crippen molar-refractivity contribution < 1.29 is 9.59 Å². The van der Waals surface area contributed by atoms with Gasteiger partial charge in [0.1, 0.15) is 0 Å². The first kappa shape index (κ1) is 22.3. The van der Waals surface area contributed by atoms with Gasteiger partial charge in [-0.25, -0.2) is 4.98 Å². The van der Waals surface area contributed by atoms with Crippen molar-refractivity contribution >= 4 is 68.1 Å². The van der Waals surface area contributed by atoms with Gasteiger partial charge in [0.25, 0.3) is 5.91 Å². The Morgan fingerprint density at radius 1 is 0.938 bits per heavy atom. The van der Waals surface area contributed by atoms with Gasteiger partial charge in [-0.2, -0.15) is 0 Å². The molecule has 1 heterocycles. The molecule has 32 heavy (non-hydrogen) atoms. The van der Waals surface area contributed by atoms with Crippen molar-refractivity contribution in [3.63, 3.8) is 0 Å². The maximum absolute atomic E-state index is 12.4. The number of carbonyl (C=O) groups excluding carboxylic acids is 2. The number of halogens is 1. The van der Waals surface area contributed by atoms with Gasteiger partial charge in [-0.1, -0.05) is 29.4 Å². The van der Waals surface area contributed by atoms with Crippen LogP contribution in [0, 0.1) is 13.8 Å². The van der Waals surface area contributed by atoms with E-state index in [9.17, 15) is 9.59 Å². The van der Waals surface area contributed by atoms with E-state index in [1.54, 1.807) is 24.3 Å². The van der Waals surface area contributed by atoms with E-state index in [1.165, 1.54) is 23.1 Å². The summed E-state index contributed by atoms with van der Waals surface area (Å²) in [5.41, 5.74) is 5.07. The second-order valence-electron chi connectivity index (χ2n) is 7.34. The van der Waals surface area contributed by atoms with Gasteiger partial charge >= 0.3 is 0 Å². The first-order valence-corrected chi connectivity index (χ1v) is 12.0. The predicted octanol–water partition coefficient (Wildman–Crippen LogP) is 6.55.